The molecule has 0 atom stereocenters. The van der Waals surface area contributed by atoms with Crippen LogP contribution in [0.15, 0.2) is 50.2 Å². The molecule has 0 aromatic heterocycles. The Kier molecular flexibility index (Phi) is 5.35. The zero-order valence-electron chi connectivity index (χ0n) is 11.0. The van der Waals surface area contributed by atoms with Crippen LogP contribution in [0.5, 0.6) is 0 Å². The molecule has 0 saturated carbocycles. The van der Waals surface area contributed by atoms with Gasteiger partial charge < -0.3 is 0 Å². The Morgan fingerprint density at radius 2 is 1.86 bits per heavy atom. The molecule has 0 aliphatic heterocycles. The number of benzene rings is 2. The van der Waals surface area contributed by atoms with Crippen molar-refractivity contribution in [2.75, 3.05) is 4.72 Å². The molecule has 0 fully saturated rings. The van der Waals surface area contributed by atoms with Crippen molar-refractivity contribution in [3.8, 4) is 0 Å². The molecule has 0 aliphatic rings. The Balaban J connectivity index is 2.40. The molecule has 0 heterocycles. The van der Waals surface area contributed by atoms with Crippen molar-refractivity contribution in [1.29, 1.82) is 0 Å². The topological polar surface area (TPSA) is 46.2 Å². The van der Waals surface area contributed by atoms with E-state index in [0.29, 0.717) is 16.0 Å². The first kappa shape index (κ1) is 16.8. The molecule has 112 valence electrons. The van der Waals surface area contributed by atoms with E-state index in [0.717, 1.165) is 15.6 Å². The summed E-state index contributed by atoms with van der Waals surface area (Å²) in [5, 5.41) is 0. The van der Waals surface area contributed by atoms with Gasteiger partial charge in [0.15, 0.2) is 0 Å². The highest BCUT2D eigenvalue weighted by Crippen LogP contribution is 2.30. The molecule has 2 rings (SSSR count). The third kappa shape index (κ3) is 4.00. The van der Waals surface area contributed by atoms with E-state index in [1.165, 1.54) is 0 Å². The van der Waals surface area contributed by atoms with Crippen molar-refractivity contribution in [3.05, 3.63) is 56.5 Å². The van der Waals surface area contributed by atoms with E-state index < -0.39 is 10.0 Å². The predicted octanol–water partition coefficient (Wildman–Crippen LogP) is 5.06. The maximum atomic E-state index is 12.5. The molecule has 0 saturated heterocycles. The van der Waals surface area contributed by atoms with Crippen LogP contribution in [0, 0.1) is 6.92 Å². The largest absolute Gasteiger partial charge is 0.280 e. The molecule has 0 bridgehead atoms. The fourth-order valence-electron chi connectivity index (χ4n) is 1.76. The molecule has 2 aromatic carbocycles. The average Bonchev–Trinajstić information content (AvgIpc) is 2.42. The summed E-state index contributed by atoms with van der Waals surface area (Å²) in [5.41, 5.74) is 2.28. The summed E-state index contributed by atoms with van der Waals surface area (Å²) in [5.74, 6) is 0.329. The highest BCUT2D eigenvalue weighted by atomic mass is 79.9. The fourth-order valence-corrected chi connectivity index (χ4v) is 4.66. The van der Waals surface area contributed by atoms with Gasteiger partial charge in [0.2, 0.25) is 0 Å². The molecule has 2 aromatic rings. The summed E-state index contributed by atoms with van der Waals surface area (Å²) in [6, 6.07) is 10.3. The number of hydrogen-bond acceptors (Lipinski definition) is 2. The van der Waals surface area contributed by atoms with Gasteiger partial charge in [-0.3, -0.25) is 4.72 Å². The van der Waals surface area contributed by atoms with Crippen LogP contribution in [0.25, 0.3) is 0 Å². The van der Waals surface area contributed by atoms with Gasteiger partial charge in [0, 0.05) is 20.5 Å². The van der Waals surface area contributed by atoms with Gasteiger partial charge in [0.05, 0.1) is 0 Å². The number of rotatable bonds is 4. The van der Waals surface area contributed by atoms with Crippen molar-refractivity contribution < 1.29 is 8.42 Å². The van der Waals surface area contributed by atoms with Crippen LogP contribution in [0.4, 0.5) is 5.69 Å². The average molecular weight is 454 g/mol. The van der Waals surface area contributed by atoms with Crippen LogP contribution in [-0.2, 0) is 15.9 Å². The minimum Gasteiger partial charge on any atom is -0.280 e. The third-order valence-corrected chi connectivity index (χ3v) is 6.34. The standard InChI is InChI=1S/C14H12Br2ClNO2S/c1-9-5-13(16)14(7-12(9)15)21(19,20)18-11-4-2-3-10(6-11)8-17/h2-7,18H,8H2,1H3. The first-order valence-corrected chi connectivity index (χ1v) is 9.57. The lowest BCUT2D eigenvalue weighted by atomic mass is 10.2. The van der Waals surface area contributed by atoms with Crippen LogP contribution < -0.4 is 4.72 Å². The highest BCUT2D eigenvalue weighted by Gasteiger charge is 2.19. The van der Waals surface area contributed by atoms with Gasteiger partial charge in [0.25, 0.3) is 10.0 Å². The summed E-state index contributed by atoms with van der Waals surface area (Å²) in [4.78, 5) is 0.177. The number of aryl methyl sites for hydroxylation is 1. The van der Waals surface area contributed by atoms with Gasteiger partial charge in [0.1, 0.15) is 4.90 Å². The molecule has 0 amide bonds. The first-order valence-electron chi connectivity index (χ1n) is 5.97. The van der Waals surface area contributed by atoms with Gasteiger partial charge in [-0.25, -0.2) is 8.42 Å². The monoisotopic (exact) mass is 451 g/mol. The van der Waals surface area contributed by atoms with Gasteiger partial charge in [-0.2, -0.15) is 0 Å². The molecular formula is C14H12Br2ClNO2S. The maximum absolute atomic E-state index is 12.5. The van der Waals surface area contributed by atoms with Crippen molar-refractivity contribution >= 4 is 59.2 Å². The Morgan fingerprint density at radius 3 is 2.52 bits per heavy atom. The van der Waals surface area contributed by atoms with Crippen LogP contribution >= 0.6 is 43.5 Å². The lowest BCUT2D eigenvalue weighted by molar-refractivity contribution is 0.600. The zero-order chi connectivity index (χ0) is 15.6. The second kappa shape index (κ2) is 6.69. The van der Waals surface area contributed by atoms with Crippen LogP contribution in [0.1, 0.15) is 11.1 Å². The Labute approximate surface area is 146 Å². The molecule has 0 aliphatic carbocycles. The van der Waals surface area contributed by atoms with E-state index in [4.69, 9.17) is 11.6 Å². The van der Waals surface area contributed by atoms with Crippen LogP contribution in [0.2, 0.25) is 0 Å². The Hall–Kier alpha value is -0.560. The lowest BCUT2D eigenvalue weighted by Crippen LogP contribution is -2.14. The third-order valence-electron chi connectivity index (χ3n) is 2.84. The van der Waals surface area contributed by atoms with Crippen molar-refractivity contribution in [1.82, 2.24) is 0 Å². The van der Waals surface area contributed by atoms with Crippen molar-refractivity contribution in [2.24, 2.45) is 0 Å². The SMILES string of the molecule is Cc1cc(Br)c(S(=O)(=O)Nc2cccc(CCl)c2)cc1Br. The quantitative estimate of drug-likeness (QED) is 0.658. The van der Waals surface area contributed by atoms with E-state index >= 15 is 0 Å². The molecular weight excluding hydrogens is 441 g/mol. The van der Waals surface area contributed by atoms with E-state index in [-0.39, 0.29) is 4.90 Å². The minimum absolute atomic E-state index is 0.177. The number of anilines is 1. The van der Waals surface area contributed by atoms with Gasteiger partial charge in [-0.1, -0.05) is 28.1 Å². The zero-order valence-corrected chi connectivity index (χ0v) is 15.8. The van der Waals surface area contributed by atoms with Crippen LogP contribution in [-0.4, -0.2) is 8.42 Å². The maximum Gasteiger partial charge on any atom is 0.263 e. The number of hydrogen-bond donors (Lipinski definition) is 1. The second-order valence-corrected chi connectivity index (χ2v) is 8.10. The number of halogens is 3. The Bertz CT molecular complexity index is 779. The summed E-state index contributed by atoms with van der Waals surface area (Å²) in [6.07, 6.45) is 0. The molecule has 0 unspecified atom stereocenters. The molecule has 7 heteroatoms. The normalized spacial score (nSPS) is 11.4. The van der Waals surface area contributed by atoms with E-state index in [9.17, 15) is 8.42 Å². The minimum atomic E-state index is -3.68. The smallest absolute Gasteiger partial charge is 0.263 e. The Morgan fingerprint density at radius 1 is 1.14 bits per heavy atom. The summed E-state index contributed by atoms with van der Waals surface area (Å²) in [7, 11) is -3.68. The second-order valence-electron chi connectivity index (χ2n) is 4.47. The van der Waals surface area contributed by atoms with Gasteiger partial charge >= 0.3 is 0 Å². The molecule has 1 N–H and O–H groups in total. The van der Waals surface area contributed by atoms with Crippen LogP contribution in [0.3, 0.4) is 0 Å². The van der Waals surface area contributed by atoms with E-state index in [2.05, 4.69) is 36.6 Å². The van der Waals surface area contributed by atoms with Crippen molar-refractivity contribution in [2.45, 2.75) is 17.7 Å². The van der Waals surface area contributed by atoms with E-state index in [1.54, 1.807) is 30.3 Å². The fraction of sp³-hybridized carbons (Fsp3) is 0.143. The molecule has 0 spiro atoms. The predicted molar refractivity (Wildman–Crippen MR) is 93.4 cm³/mol. The summed E-state index contributed by atoms with van der Waals surface area (Å²) < 4.78 is 28.8. The van der Waals surface area contributed by atoms with E-state index in [1.807, 2.05) is 13.0 Å². The lowest BCUT2D eigenvalue weighted by Gasteiger charge is -2.12. The molecule has 0 radical (unpaired) electrons. The van der Waals surface area contributed by atoms with Gasteiger partial charge in [-0.05, 0) is 58.2 Å². The number of nitrogens with one attached hydrogen (secondary N) is 1. The first-order chi connectivity index (χ1) is 9.83. The van der Waals surface area contributed by atoms with Crippen molar-refractivity contribution in [3.63, 3.8) is 0 Å². The summed E-state index contributed by atoms with van der Waals surface area (Å²) in [6.45, 7) is 1.89. The molecule has 21 heavy (non-hydrogen) atoms. The van der Waals surface area contributed by atoms with Gasteiger partial charge in [-0.15, -0.1) is 11.6 Å². The molecule has 3 nitrogen and oxygen atoms in total. The number of alkyl halides is 1. The summed E-state index contributed by atoms with van der Waals surface area (Å²) >= 11 is 12.4. The highest BCUT2D eigenvalue weighted by molar-refractivity contribution is 9.11. The number of sulfonamides is 1.